The molecule has 42 heavy (non-hydrogen) atoms. The Balaban J connectivity index is 1.50. The molecule has 0 radical (unpaired) electrons. The minimum absolute atomic E-state index is 0.230. The van der Waals surface area contributed by atoms with Gasteiger partial charge in [0, 0.05) is 16.7 Å². The molecule has 0 bridgehead atoms. The average Bonchev–Trinajstić information content (AvgIpc) is 2.97. The third kappa shape index (κ3) is 9.34. The molecule has 0 aliphatic carbocycles. The van der Waals surface area contributed by atoms with Crippen molar-refractivity contribution in [2.75, 3.05) is 39.8 Å². The number of hydrogen-bond donors (Lipinski definition) is 3. The first-order chi connectivity index (χ1) is 20.1. The zero-order valence-electron chi connectivity index (χ0n) is 23.4. The van der Waals surface area contributed by atoms with Crippen LogP contribution in [-0.4, -0.2) is 58.4 Å². The molecule has 3 amide bonds. The van der Waals surface area contributed by atoms with E-state index in [0.717, 1.165) is 15.6 Å². The minimum Gasteiger partial charge on any atom is -0.493 e. The summed E-state index contributed by atoms with van der Waals surface area (Å²) in [5, 5.41) is 9.22. The molecule has 3 N–H and O–H groups in total. The lowest BCUT2D eigenvalue weighted by molar-refractivity contribution is -0.139. The molecule has 0 aliphatic heterocycles. The SMILES string of the molecule is COc1ccc(CCNC(=O)C(=O)N/N=C\c2cc(I)c(OCC(=O)Nc3ccc(Br)c(C)c3)c(OC)c2)cc1OC. The first-order valence-corrected chi connectivity index (χ1v) is 14.4. The van der Waals surface area contributed by atoms with Crippen molar-refractivity contribution in [3.8, 4) is 23.0 Å². The van der Waals surface area contributed by atoms with E-state index >= 15 is 0 Å². The van der Waals surface area contributed by atoms with E-state index in [1.807, 2.05) is 47.7 Å². The molecule has 3 rings (SSSR count). The smallest absolute Gasteiger partial charge is 0.329 e. The Labute approximate surface area is 265 Å². The monoisotopic (exact) mass is 752 g/mol. The van der Waals surface area contributed by atoms with Crippen molar-refractivity contribution in [2.45, 2.75) is 13.3 Å². The second-order valence-electron chi connectivity index (χ2n) is 8.73. The highest BCUT2D eigenvalue weighted by Gasteiger charge is 2.15. The number of anilines is 1. The van der Waals surface area contributed by atoms with Crippen molar-refractivity contribution in [1.82, 2.24) is 10.7 Å². The van der Waals surface area contributed by atoms with E-state index in [1.54, 1.807) is 44.6 Å². The van der Waals surface area contributed by atoms with E-state index < -0.39 is 11.8 Å². The van der Waals surface area contributed by atoms with Crippen molar-refractivity contribution in [1.29, 1.82) is 0 Å². The molecule has 0 fully saturated rings. The Morgan fingerprint density at radius 1 is 0.929 bits per heavy atom. The van der Waals surface area contributed by atoms with Crippen LogP contribution in [0.25, 0.3) is 0 Å². The van der Waals surface area contributed by atoms with Crippen LogP contribution >= 0.6 is 38.5 Å². The number of carbonyl (C=O) groups excluding carboxylic acids is 3. The summed E-state index contributed by atoms with van der Waals surface area (Å²) >= 11 is 5.48. The van der Waals surface area contributed by atoms with Gasteiger partial charge in [0.2, 0.25) is 0 Å². The zero-order valence-corrected chi connectivity index (χ0v) is 27.1. The third-order valence-corrected chi connectivity index (χ3v) is 7.47. The highest BCUT2D eigenvalue weighted by molar-refractivity contribution is 14.1. The van der Waals surface area contributed by atoms with Crippen molar-refractivity contribution in [3.05, 3.63) is 73.3 Å². The number of nitrogens with one attached hydrogen (secondary N) is 3. The maximum atomic E-state index is 12.4. The van der Waals surface area contributed by atoms with Crippen molar-refractivity contribution < 1.29 is 33.3 Å². The lowest BCUT2D eigenvalue weighted by atomic mass is 10.1. The number of hydrazone groups is 1. The molecule has 3 aromatic rings. The minimum atomic E-state index is -0.910. The summed E-state index contributed by atoms with van der Waals surface area (Å²) in [5.41, 5.74) is 5.34. The Bertz CT molecular complexity index is 1480. The maximum absolute atomic E-state index is 12.4. The molecule has 0 aliphatic rings. The van der Waals surface area contributed by atoms with Crippen LogP contribution in [0.4, 0.5) is 5.69 Å². The highest BCUT2D eigenvalue weighted by atomic mass is 127. The summed E-state index contributed by atoms with van der Waals surface area (Å²) < 4.78 is 23.3. The molecule has 0 spiro atoms. The second-order valence-corrected chi connectivity index (χ2v) is 10.7. The van der Waals surface area contributed by atoms with Crippen molar-refractivity contribution in [3.63, 3.8) is 0 Å². The largest absolute Gasteiger partial charge is 0.493 e. The quantitative estimate of drug-likeness (QED) is 0.109. The van der Waals surface area contributed by atoms with E-state index in [1.165, 1.54) is 13.3 Å². The number of aryl methyl sites for hydroxylation is 1. The number of halogens is 2. The summed E-state index contributed by atoms with van der Waals surface area (Å²) in [7, 11) is 4.56. The third-order valence-electron chi connectivity index (χ3n) is 5.77. The van der Waals surface area contributed by atoms with Crippen LogP contribution in [0.5, 0.6) is 23.0 Å². The fraction of sp³-hybridized carbons (Fsp3) is 0.241. The Kier molecular flexibility index (Phi) is 12.4. The molecule has 13 heteroatoms. The van der Waals surface area contributed by atoms with Crippen molar-refractivity contribution in [2.24, 2.45) is 5.10 Å². The second kappa shape index (κ2) is 16.0. The average molecular weight is 753 g/mol. The molecule has 0 unspecified atom stereocenters. The molecule has 11 nitrogen and oxygen atoms in total. The zero-order chi connectivity index (χ0) is 30.6. The molecule has 0 aromatic heterocycles. The van der Waals surface area contributed by atoms with Crippen LogP contribution in [-0.2, 0) is 20.8 Å². The van der Waals surface area contributed by atoms with Gasteiger partial charge in [-0.3, -0.25) is 14.4 Å². The standard InChI is InChI=1S/C29H30BrIN4O7/c1-17-11-20(6-7-21(17)30)34-26(36)16-42-27-22(31)12-19(14-25(27)41-4)15-33-35-29(38)28(37)32-10-9-18-5-8-23(39-2)24(13-18)40-3/h5-8,11-15H,9-10,16H2,1-4H3,(H,32,37)(H,34,36)(H,35,38)/b33-15-. The Hall–Kier alpha value is -3.85. The Morgan fingerprint density at radius 3 is 2.36 bits per heavy atom. The van der Waals surface area contributed by atoms with E-state index in [4.69, 9.17) is 18.9 Å². The van der Waals surface area contributed by atoms with Crippen LogP contribution in [0, 0.1) is 10.5 Å². The summed E-state index contributed by atoms with van der Waals surface area (Å²) in [6.07, 6.45) is 1.85. The lowest BCUT2D eigenvalue weighted by Crippen LogP contribution is -2.38. The molecular formula is C29H30BrIN4O7. The number of ether oxygens (including phenoxy) is 4. The van der Waals surface area contributed by atoms with Gasteiger partial charge in [0.05, 0.1) is 31.1 Å². The summed E-state index contributed by atoms with van der Waals surface area (Å²) in [6, 6.07) is 14.3. The summed E-state index contributed by atoms with van der Waals surface area (Å²) in [5.74, 6) is -0.119. The number of nitrogens with zero attached hydrogens (tertiary/aromatic N) is 1. The van der Waals surface area contributed by atoms with Gasteiger partial charge >= 0.3 is 11.8 Å². The molecule has 3 aromatic carbocycles. The topological polar surface area (TPSA) is 137 Å². The number of amides is 3. The number of benzene rings is 3. The van der Waals surface area contributed by atoms with Gasteiger partial charge < -0.3 is 29.6 Å². The van der Waals surface area contributed by atoms with Gasteiger partial charge in [-0.05, 0) is 95.1 Å². The van der Waals surface area contributed by atoms with E-state index in [0.29, 0.717) is 44.2 Å². The summed E-state index contributed by atoms with van der Waals surface area (Å²) in [4.78, 5) is 36.7. The van der Waals surface area contributed by atoms with Gasteiger partial charge in [0.1, 0.15) is 0 Å². The first kappa shape index (κ1) is 32.7. The Morgan fingerprint density at radius 2 is 1.67 bits per heavy atom. The number of carbonyl (C=O) groups is 3. The van der Waals surface area contributed by atoms with Gasteiger partial charge in [0.15, 0.2) is 29.6 Å². The maximum Gasteiger partial charge on any atom is 0.329 e. The first-order valence-electron chi connectivity index (χ1n) is 12.5. The molecule has 0 saturated carbocycles. The number of hydrogen-bond acceptors (Lipinski definition) is 8. The van der Waals surface area contributed by atoms with Crippen LogP contribution < -0.4 is 35.0 Å². The molecule has 0 heterocycles. The van der Waals surface area contributed by atoms with Crippen LogP contribution in [0.3, 0.4) is 0 Å². The van der Waals surface area contributed by atoms with Crippen LogP contribution in [0.2, 0.25) is 0 Å². The molecule has 222 valence electrons. The van der Waals surface area contributed by atoms with Crippen molar-refractivity contribution >= 4 is 68.1 Å². The predicted octanol–water partition coefficient (Wildman–Crippen LogP) is 4.21. The van der Waals surface area contributed by atoms with Gasteiger partial charge in [0.25, 0.3) is 5.91 Å². The number of methoxy groups -OCH3 is 3. The van der Waals surface area contributed by atoms with Gasteiger partial charge in [-0.1, -0.05) is 22.0 Å². The van der Waals surface area contributed by atoms with Gasteiger partial charge in [-0.2, -0.15) is 5.10 Å². The lowest BCUT2D eigenvalue weighted by Gasteiger charge is -2.14. The summed E-state index contributed by atoms with van der Waals surface area (Å²) in [6.45, 7) is 1.94. The fourth-order valence-corrected chi connectivity index (χ4v) is 4.69. The van der Waals surface area contributed by atoms with Crippen LogP contribution in [0.1, 0.15) is 16.7 Å². The van der Waals surface area contributed by atoms with Gasteiger partial charge in [-0.25, -0.2) is 5.43 Å². The van der Waals surface area contributed by atoms with Crippen LogP contribution in [0.15, 0.2) is 58.1 Å². The highest BCUT2D eigenvalue weighted by Crippen LogP contribution is 2.33. The molecular weight excluding hydrogens is 723 g/mol. The van der Waals surface area contributed by atoms with Gasteiger partial charge in [-0.15, -0.1) is 0 Å². The number of rotatable bonds is 12. The fourth-order valence-electron chi connectivity index (χ4n) is 3.66. The normalized spacial score (nSPS) is 10.6. The van der Waals surface area contributed by atoms with E-state index in [-0.39, 0.29) is 19.1 Å². The van der Waals surface area contributed by atoms with E-state index in [2.05, 4.69) is 37.1 Å². The van der Waals surface area contributed by atoms with E-state index in [9.17, 15) is 14.4 Å². The molecule has 0 atom stereocenters. The molecule has 0 saturated heterocycles. The predicted molar refractivity (Wildman–Crippen MR) is 171 cm³/mol.